The second kappa shape index (κ2) is 8.94. The Kier molecular flexibility index (Phi) is 7.25. The predicted octanol–water partition coefficient (Wildman–Crippen LogP) is 5.06. The van der Waals surface area contributed by atoms with Gasteiger partial charge in [0.15, 0.2) is 0 Å². The van der Waals surface area contributed by atoms with Crippen molar-refractivity contribution in [1.29, 1.82) is 0 Å². The molecule has 122 valence electrons. The van der Waals surface area contributed by atoms with Gasteiger partial charge < -0.3 is 10.2 Å². The summed E-state index contributed by atoms with van der Waals surface area (Å²) in [5.41, 5.74) is 1.72. The van der Waals surface area contributed by atoms with E-state index < -0.39 is 0 Å². The molecule has 1 N–H and O–H groups in total. The molecule has 1 aliphatic rings. The molecule has 1 unspecified atom stereocenters. The summed E-state index contributed by atoms with van der Waals surface area (Å²) in [6.07, 6.45) is 5.22. The molecule has 2 rings (SSSR count). The lowest BCUT2D eigenvalue weighted by Gasteiger charge is -2.15. The first-order valence-corrected chi connectivity index (χ1v) is 10.4. The molecule has 0 saturated carbocycles. The van der Waals surface area contributed by atoms with E-state index in [2.05, 4.69) is 5.32 Å². The first-order valence-electron chi connectivity index (χ1n) is 7.61. The molecule has 0 bridgehead atoms. The lowest BCUT2D eigenvalue weighted by atomic mass is 10.1. The maximum absolute atomic E-state index is 12.0. The van der Waals surface area contributed by atoms with Crippen molar-refractivity contribution in [1.82, 2.24) is 0 Å². The van der Waals surface area contributed by atoms with Crippen molar-refractivity contribution in [2.45, 2.75) is 37.4 Å². The molecular weight excluding hydrogens is 336 g/mol. The average Bonchev–Trinajstić information content (AvgIpc) is 2.96. The first-order chi connectivity index (χ1) is 10.6. The number of anilines is 2. The number of carbonyl (C=O) groups excluding carboxylic acids is 1. The van der Waals surface area contributed by atoms with Gasteiger partial charge in [-0.3, -0.25) is 4.79 Å². The van der Waals surface area contributed by atoms with E-state index in [1.165, 1.54) is 18.6 Å². The Morgan fingerprint density at radius 2 is 2.23 bits per heavy atom. The van der Waals surface area contributed by atoms with Crippen molar-refractivity contribution in [2.24, 2.45) is 0 Å². The molecule has 1 amide bonds. The predicted molar refractivity (Wildman–Crippen MR) is 101 cm³/mol. The van der Waals surface area contributed by atoms with Crippen molar-refractivity contribution in [2.75, 3.05) is 30.1 Å². The highest BCUT2D eigenvalue weighted by atomic mass is 35.5. The zero-order chi connectivity index (χ0) is 15.9. The van der Waals surface area contributed by atoms with Gasteiger partial charge in [-0.05, 0) is 37.5 Å². The molecule has 3 nitrogen and oxygen atoms in total. The number of carbonyl (C=O) groups is 1. The molecule has 0 radical (unpaired) electrons. The maximum atomic E-state index is 12.0. The van der Waals surface area contributed by atoms with Crippen LogP contribution in [0.4, 0.5) is 11.4 Å². The number of unbranched alkanes of at least 4 members (excludes halogenated alkanes) is 1. The van der Waals surface area contributed by atoms with Gasteiger partial charge in [-0.1, -0.05) is 39.6 Å². The standard InChI is InChI=1S/C16H23ClN2OS2/c1-19(2)15-8-7-12(11-14(15)17)18-16(20)6-4-3-5-13-9-10-21-22-13/h7-8,11,13H,3-6,9-10H2,1-2H3,(H,18,20). The summed E-state index contributed by atoms with van der Waals surface area (Å²) in [7, 11) is 7.87. The number of hydrogen-bond donors (Lipinski definition) is 1. The quantitative estimate of drug-likeness (QED) is 0.545. The van der Waals surface area contributed by atoms with E-state index in [0.717, 1.165) is 29.5 Å². The van der Waals surface area contributed by atoms with Crippen LogP contribution in [0.1, 0.15) is 32.1 Å². The molecular formula is C16H23ClN2OS2. The summed E-state index contributed by atoms with van der Waals surface area (Å²) >= 11 is 6.21. The molecule has 22 heavy (non-hydrogen) atoms. The Labute approximate surface area is 145 Å². The fraction of sp³-hybridized carbons (Fsp3) is 0.562. The van der Waals surface area contributed by atoms with Crippen molar-refractivity contribution < 1.29 is 4.79 Å². The molecule has 1 aromatic carbocycles. The van der Waals surface area contributed by atoms with Crippen molar-refractivity contribution in [3.05, 3.63) is 23.2 Å². The van der Waals surface area contributed by atoms with Crippen LogP contribution in [0.3, 0.4) is 0 Å². The normalized spacial score (nSPS) is 17.5. The van der Waals surface area contributed by atoms with E-state index in [9.17, 15) is 4.79 Å². The first kappa shape index (κ1) is 17.8. The van der Waals surface area contributed by atoms with Gasteiger partial charge in [0.2, 0.25) is 5.91 Å². The summed E-state index contributed by atoms with van der Waals surface area (Å²) in [5, 5.41) is 4.37. The van der Waals surface area contributed by atoms with Gasteiger partial charge in [-0.25, -0.2) is 0 Å². The third kappa shape index (κ3) is 5.60. The Bertz CT molecular complexity index is 505. The molecule has 0 aromatic heterocycles. The zero-order valence-electron chi connectivity index (χ0n) is 13.1. The van der Waals surface area contributed by atoms with Crippen LogP contribution in [0, 0.1) is 0 Å². The number of halogens is 1. The number of nitrogens with zero attached hydrogens (tertiary/aromatic N) is 1. The molecule has 1 fully saturated rings. The minimum absolute atomic E-state index is 0.0714. The maximum Gasteiger partial charge on any atom is 0.224 e. The van der Waals surface area contributed by atoms with E-state index in [0.29, 0.717) is 11.4 Å². The van der Waals surface area contributed by atoms with Gasteiger partial charge >= 0.3 is 0 Å². The highest BCUT2D eigenvalue weighted by Gasteiger charge is 2.15. The zero-order valence-corrected chi connectivity index (χ0v) is 15.5. The molecule has 6 heteroatoms. The topological polar surface area (TPSA) is 32.3 Å². The summed E-state index contributed by atoms with van der Waals surface area (Å²) in [6.45, 7) is 0. The van der Waals surface area contributed by atoms with Crippen LogP contribution in [0.25, 0.3) is 0 Å². The van der Waals surface area contributed by atoms with Gasteiger partial charge in [-0.15, -0.1) is 0 Å². The van der Waals surface area contributed by atoms with E-state index in [-0.39, 0.29) is 5.91 Å². The van der Waals surface area contributed by atoms with Crippen LogP contribution in [0.15, 0.2) is 18.2 Å². The lowest BCUT2D eigenvalue weighted by molar-refractivity contribution is -0.116. The third-order valence-corrected chi connectivity index (χ3v) is 6.93. The fourth-order valence-electron chi connectivity index (χ4n) is 2.39. The Morgan fingerprint density at radius 1 is 1.41 bits per heavy atom. The third-order valence-electron chi connectivity index (χ3n) is 3.62. The minimum Gasteiger partial charge on any atom is -0.376 e. The largest absolute Gasteiger partial charge is 0.376 e. The number of nitrogens with one attached hydrogen (secondary N) is 1. The van der Waals surface area contributed by atoms with Crippen LogP contribution >= 0.6 is 33.2 Å². The van der Waals surface area contributed by atoms with Gasteiger partial charge in [0.05, 0.1) is 10.7 Å². The van der Waals surface area contributed by atoms with E-state index in [1.54, 1.807) is 6.07 Å². The van der Waals surface area contributed by atoms with Crippen LogP contribution < -0.4 is 10.2 Å². The smallest absolute Gasteiger partial charge is 0.224 e. The molecule has 1 saturated heterocycles. The number of hydrogen-bond acceptors (Lipinski definition) is 4. The Morgan fingerprint density at radius 3 is 2.86 bits per heavy atom. The van der Waals surface area contributed by atoms with Crippen LogP contribution in [-0.2, 0) is 4.79 Å². The second-order valence-corrected chi connectivity index (χ2v) is 8.88. The van der Waals surface area contributed by atoms with Gasteiger partial charge in [0.25, 0.3) is 0 Å². The van der Waals surface area contributed by atoms with Crippen LogP contribution in [0.5, 0.6) is 0 Å². The van der Waals surface area contributed by atoms with Crippen molar-refractivity contribution >= 4 is 50.5 Å². The van der Waals surface area contributed by atoms with Gasteiger partial charge in [0, 0.05) is 37.2 Å². The molecule has 0 spiro atoms. The van der Waals surface area contributed by atoms with Gasteiger partial charge in [-0.2, -0.15) is 0 Å². The fourth-order valence-corrected chi connectivity index (χ4v) is 5.77. The van der Waals surface area contributed by atoms with Crippen molar-refractivity contribution in [3.63, 3.8) is 0 Å². The summed E-state index contributed by atoms with van der Waals surface area (Å²) < 4.78 is 0. The van der Waals surface area contributed by atoms with Crippen LogP contribution in [-0.4, -0.2) is 31.0 Å². The number of benzene rings is 1. The molecule has 1 aromatic rings. The minimum atomic E-state index is 0.0714. The average molecular weight is 359 g/mol. The highest BCUT2D eigenvalue weighted by molar-refractivity contribution is 8.77. The van der Waals surface area contributed by atoms with E-state index in [1.807, 2.05) is 52.7 Å². The summed E-state index contributed by atoms with van der Waals surface area (Å²) in [4.78, 5) is 13.9. The molecule has 1 atom stereocenters. The van der Waals surface area contributed by atoms with E-state index >= 15 is 0 Å². The van der Waals surface area contributed by atoms with Gasteiger partial charge in [0.1, 0.15) is 0 Å². The lowest BCUT2D eigenvalue weighted by Crippen LogP contribution is -2.12. The molecule has 1 aliphatic heterocycles. The number of amides is 1. The molecule has 0 aliphatic carbocycles. The van der Waals surface area contributed by atoms with Crippen molar-refractivity contribution in [3.8, 4) is 0 Å². The monoisotopic (exact) mass is 358 g/mol. The Balaban J connectivity index is 1.71. The van der Waals surface area contributed by atoms with E-state index in [4.69, 9.17) is 11.6 Å². The SMILES string of the molecule is CN(C)c1ccc(NC(=O)CCCCC2CCSS2)cc1Cl. The summed E-state index contributed by atoms with van der Waals surface area (Å²) in [6, 6.07) is 5.62. The second-order valence-electron chi connectivity index (χ2n) is 5.68. The Hall–Kier alpha value is -0.520. The number of rotatable bonds is 7. The molecule has 1 heterocycles. The highest BCUT2D eigenvalue weighted by Crippen LogP contribution is 2.39. The summed E-state index contributed by atoms with van der Waals surface area (Å²) in [5.74, 6) is 1.35. The van der Waals surface area contributed by atoms with Crippen LogP contribution in [0.2, 0.25) is 5.02 Å².